The Kier molecular flexibility index (Phi) is 2.27. The number of hydrogen-bond acceptors (Lipinski definition) is 2. The molecule has 0 saturated carbocycles. The number of methoxy groups -OCH3 is 1. The lowest BCUT2D eigenvalue weighted by atomic mass is 10.4. The summed E-state index contributed by atoms with van der Waals surface area (Å²) >= 11 is 0. The summed E-state index contributed by atoms with van der Waals surface area (Å²) in [5.41, 5.74) is 0. The molecule has 52 valence electrons. The van der Waals surface area contributed by atoms with Gasteiger partial charge in [-0.15, -0.1) is 0 Å². The lowest BCUT2D eigenvalue weighted by Crippen LogP contribution is -2.12. The van der Waals surface area contributed by atoms with Crippen LogP contribution in [0.2, 0.25) is 6.04 Å². The van der Waals surface area contributed by atoms with Crippen LogP contribution in [0.1, 0.15) is 12.8 Å². The van der Waals surface area contributed by atoms with E-state index in [-0.39, 0.29) is 0 Å². The van der Waals surface area contributed by atoms with Crippen LogP contribution < -0.4 is 0 Å². The van der Waals surface area contributed by atoms with Gasteiger partial charge in [-0.1, -0.05) is 0 Å². The van der Waals surface area contributed by atoms with Crippen molar-refractivity contribution in [1.82, 2.24) is 0 Å². The van der Waals surface area contributed by atoms with Crippen molar-refractivity contribution in [2.45, 2.75) is 18.9 Å². The Morgan fingerprint density at radius 2 is 2.22 bits per heavy atom. The van der Waals surface area contributed by atoms with E-state index in [4.69, 9.17) is 9.16 Å². The minimum absolute atomic E-state index is 0.646. The fourth-order valence-corrected chi connectivity index (χ4v) is 3.01. The first kappa shape index (κ1) is 6.80. The average Bonchev–Trinajstić information content (AvgIpc) is 2.33. The van der Waals surface area contributed by atoms with E-state index in [1.54, 1.807) is 14.2 Å². The quantitative estimate of drug-likeness (QED) is 0.533. The minimum atomic E-state index is -0.646. The second-order valence-electron chi connectivity index (χ2n) is 2.11. The third kappa shape index (κ3) is 1.33. The van der Waals surface area contributed by atoms with Gasteiger partial charge in [0, 0.05) is 6.42 Å². The van der Waals surface area contributed by atoms with Gasteiger partial charge in [-0.05, 0) is 12.5 Å². The molecule has 0 radical (unpaired) electrons. The van der Waals surface area contributed by atoms with Crippen LogP contribution in [0.25, 0.3) is 0 Å². The first-order chi connectivity index (χ1) is 4.38. The Hall–Kier alpha value is -0.313. The molecule has 3 heteroatoms. The highest BCUT2D eigenvalue weighted by molar-refractivity contribution is 6.65. The molecule has 0 aromatic heterocycles. The zero-order chi connectivity index (χ0) is 6.69. The largest absolute Gasteiger partial charge is 0.551 e. The van der Waals surface area contributed by atoms with Crippen LogP contribution in [0.15, 0.2) is 0 Å². The molecule has 2 nitrogen and oxygen atoms in total. The summed E-state index contributed by atoms with van der Waals surface area (Å²) in [6, 6.07) is 1.23. The van der Waals surface area contributed by atoms with E-state index in [2.05, 4.69) is 0 Å². The molecule has 1 heterocycles. The average molecular weight is 144 g/mol. The smallest absolute Gasteiger partial charge is 0.272 e. The normalized spacial score (nSPS) is 18.4. The maximum atomic E-state index is 5.25. The zero-order valence-electron chi connectivity index (χ0n) is 5.94. The molecule has 0 amide bonds. The molecule has 0 aromatic rings. The summed E-state index contributed by atoms with van der Waals surface area (Å²) in [4.78, 5) is 0. The summed E-state index contributed by atoms with van der Waals surface area (Å²) in [7, 11) is 2.87. The predicted octanol–water partition coefficient (Wildman–Crippen LogP) is 0.776. The van der Waals surface area contributed by atoms with Crippen molar-refractivity contribution < 1.29 is 9.16 Å². The van der Waals surface area contributed by atoms with Gasteiger partial charge < -0.3 is 9.16 Å². The topological polar surface area (TPSA) is 18.5 Å². The Bertz CT molecular complexity index is 117. The fourth-order valence-electron chi connectivity index (χ4n) is 1.12. The summed E-state index contributed by atoms with van der Waals surface area (Å²) in [5, 5.41) is 1.21. The van der Waals surface area contributed by atoms with Gasteiger partial charge in [-0.3, -0.25) is 0 Å². The maximum absolute atomic E-state index is 5.25. The van der Waals surface area contributed by atoms with Crippen LogP contribution in [0.5, 0.6) is 0 Å². The van der Waals surface area contributed by atoms with E-state index in [1.165, 1.54) is 17.8 Å². The van der Waals surface area contributed by atoms with Gasteiger partial charge in [0.25, 0.3) is 8.65 Å². The van der Waals surface area contributed by atoms with Crippen molar-refractivity contribution in [2.75, 3.05) is 14.2 Å². The van der Waals surface area contributed by atoms with Gasteiger partial charge in [0.05, 0.1) is 14.2 Å². The van der Waals surface area contributed by atoms with Gasteiger partial charge in [-0.2, -0.15) is 0 Å². The van der Waals surface area contributed by atoms with Crippen LogP contribution in [-0.4, -0.2) is 28.2 Å². The Balaban J connectivity index is 2.59. The minimum Gasteiger partial charge on any atom is -0.551 e. The number of rotatable bonds is 2. The highest BCUT2D eigenvalue weighted by atomic mass is 28.3. The van der Waals surface area contributed by atoms with Crippen LogP contribution >= 0.6 is 0 Å². The van der Waals surface area contributed by atoms with E-state index in [1.807, 2.05) is 0 Å². The fraction of sp³-hybridized carbons (Fsp3) is 0.833. The summed E-state index contributed by atoms with van der Waals surface area (Å²) in [5.74, 6) is 0. The van der Waals surface area contributed by atoms with Crippen molar-refractivity contribution in [1.29, 1.82) is 0 Å². The van der Waals surface area contributed by atoms with Crippen molar-refractivity contribution >= 4 is 14.0 Å². The molecular weight excluding hydrogens is 132 g/mol. The lowest BCUT2D eigenvalue weighted by molar-refractivity contribution is 0.391. The standard InChI is InChI=1S/C6H12O2Si/c1-7-6-4-3-5-9(6)8-2/h3-5H2,1-2H3. The van der Waals surface area contributed by atoms with Crippen molar-refractivity contribution in [3.05, 3.63) is 0 Å². The van der Waals surface area contributed by atoms with Gasteiger partial charge in [0.15, 0.2) is 0 Å². The molecule has 0 atom stereocenters. The monoisotopic (exact) mass is 144 g/mol. The SMILES string of the molecule is COC1=[Si](OC)CCC1. The molecule has 0 bridgehead atoms. The highest BCUT2D eigenvalue weighted by Gasteiger charge is 2.16. The van der Waals surface area contributed by atoms with Gasteiger partial charge in [-0.25, -0.2) is 0 Å². The summed E-state index contributed by atoms with van der Waals surface area (Å²) < 4.78 is 10.4. The third-order valence-corrected chi connectivity index (χ3v) is 3.99. The lowest BCUT2D eigenvalue weighted by Gasteiger charge is -2.01. The number of ether oxygens (including phenoxy) is 1. The highest BCUT2D eigenvalue weighted by Crippen LogP contribution is 2.09. The summed E-state index contributed by atoms with van der Waals surface area (Å²) in [6.45, 7) is 0. The molecule has 0 unspecified atom stereocenters. The van der Waals surface area contributed by atoms with E-state index in [0.717, 1.165) is 6.42 Å². The first-order valence-corrected chi connectivity index (χ1v) is 4.80. The molecule has 1 aliphatic rings. The Morgan fingerprint density at radius 3 is 2.67 bits per heavy atom. The molecule has 9 heavy (non-hydrogen) atoms. The van der Waals surface area contributed by atoms with Crippen molar-refractivity contribution in [2.24, 2.45) is 0 Å². The van der Waals surface area contributed by atoms with E-state index >= 15 is 0 Å². The second-order valence-corrected chi connectivity index (χ2v) is 4.42. The maximum Gasteiger partial charge on any atom is 0.272 e. The van der Waals surface area contributed by atoms with Crippen LogP contribution in [-0.2, 0) is 9.16 Å². The predicted molar refractivity (Wildman–Crippen MR) is 38.8 cm³/mol. The molecule has 0 spiro atoms. The second kappa shape index (κ2) is 3.01. The molecular formula is C6H12O2Si. The molecule has 0 N–H and O–H groups in total. The van der Waals surface area contributed by atoms with Crippen molar-refractivity contribution in [3.63, 3.8) is 0 Å². The van der Waals surface area contributed by atoms with E-state index in [9.17, 15) is 0 Å². The summed E-state index contributed by atoms with van der Waals surface area (Å²) in [6.07, 6.45) is 2.38. The molecule has 1 rings (SSSR count). The van der Waals surface area contributed by atoms with Crippen LogP contribution in [0, 0.1) is 0 Å². The van der Waals surface area contributed by atoms with Gasteiger partial charge >= 0.3 is 0 Å². The van der Waals surface area contributed by atoms with Crippen LogP contribution in [0.4, 0.5) is 0 Å². The first-order valence-electron chi connectivity index (χ1n) is 3.18. The third-order valence-electron chi connectivity index (χ3n) is 1.61. The Labute approximate surface area is 57.1 Å². The molecule has 0 saturated heterocycles. The zero-order valence-corrected chi connectivity index (χ0v) is 6.94. The Morgan fingerprint density at radius 1 is 1.44 bits per heavy atom. The number of hydrogen-bond donors (Lipinski definition) is 0. The molecule has 0 aliphatic carbocycles. The van der Waals surface area contributed by atoms with E-state index < -0.39 is 8.65 Å². The molecule has 0 aromatic carbocycles. The molecule has 0 fully saturated rings. The van der Waals surface area contributed by atoms with Crippen molar-refractivity contribution in [3.8, 4) is 0 Å². The van der Waals surface area contributed by atoms with Gasteiger partial charge in [0.2, 0.25) is 0 Å². The molecule has 1 aliphatic heterocycles. The van der Waals surface area contributed by atoms with E-state index in [0.29, 0.717) is 0 Å². The van der Waals surface area contributed by atoms with Crippen LogP contribution in [0.3, 0.4) is 0 Å². The van der Waals surface area contributed by atoms with Gasteiger partial charge in [0.1, 0.15) is 5.35 Å².